The molecule has 0 aliphatic carbocycles. The molecule has 0 aromatic carbocycles. The maximum absolute atomic E-state index is 13.9. The van der Waals surface area contributed by atoms with Crippen molar-refractivity contribution in [3.8, 4) is 0 Å². The number of piperazine rings is 1. The SMILES string of the molecule is CN1CCN(C(=O)C(F)(F)C(F)(F)C(F)(F)C(F)(F)C(F)(F)C(F)(F)C(F)(F)C(F)F)CC1. The van der Waals surface area contributed by atoms with Crippen LogP contribution in [0.5, 0.6) is 0 Å². The number of carbonyl (C=O) groups is 1. The summed E-state index contributed by atoms with van der Waals surface area (Å²) in [4.78, 5) is 12.6. The zero-order chi connectivity index (χ0) is 26.6. The summed E-state index contributed by atoms with van der Waals surface area (Å²) in [5.41, 5.74) is 0. The second-order valence-corrected chi connectivity index (χ2v) is 6.97. The average molecular weight is 528 g/mol. The molecule has 0 aromatic rings. The Kier molecular flexibility index (Phi) is 7.30. The number of likely N-dealkylation sites (N-methyl/N-ethyl adjacent to an activating group) is 1. The van der Waals surface area contributed by atoms with E-state index in [1.165, 1.54) is 11.9 Å². The van der Waals surface area contributed by atoms with E-state index in [4.69, 9.17) is 0 Å². The van der Waals surface area contributed by atoms with Crippen LogP contribution in [0.2, 0.25) is 0 Å². The first-order chi connectivity index (χ1) is 14.4. The molecule has 1 aliphatic heterocycles. The predicted octanol–water partition coefficient (Wildman–Crippen LogP) is 4.47. The smallest absolute Gasteiger partial charge is 0.335 e. The monoisotopic (exact) mass is 528 g/mol. The van der Waals surface area contributed by atoms with Gasteiger partial charge in [0.05, 0.1) is 0 Å². The molecule has 0 N–H and O–H groups in total. The van der Waals surface area contributed by atoms with Crippen LogP contribution < -0.4 is 0 Å². The first-order valence-electron chi connectivity index (χ1n) is 8.26. The van der Waals surface area contributed by atoms with Gasteiger partial charge in [0, 0.05) is 26.2 Å². The lowest BCUT2D eigenvalue weighted by Crippen LogP contribution is -2.75. The van der Waals surface area contributed by atoms with E-state index < -0.39 is 66.9 Å². The van der Waals surface area contributed by atoms with Gasteiger partial charge < -0.3 is 9.80 Å². The molecule has 19 heteroatoms. The molecule has 0 atom stereocenters. The summed E-state index contributed by atoms with van der Waals surface area (Å²) in [6.07, 6.45) is -5.90. The maximum atomic E-state index is 13.9. The van der Waals surface area contributed by atoms with E-state index in [-0.39, 0.29) is 18.0 Å². The van der Waals surface area contributed by atoms with Crippen molar-refractivity contribution in [3.05, 3.63) is 0 Å². The number of carbonyl (C=O) groups excluding carboxylic acids is 1. The molecule has 1 amide bonds. The fourth-order valence-corrected chi connectivity index (χ4v) is 2.48. The number of rotatable bonds is 8. The van der Waals surface area contributed by atoms with E-state index in [1.807, 2.05) is 0 Å². The zero-order valence-corrected chi connectivity index (χ0v) is 15.8. The molecule has 0 radical (unpaired) electrons. The number of alkyl halides is 16. The van der Waals surface area contributed by atoms with Gasteiger partial charge in [-0.25, -0.2) is 8.78 Å². The van der Waals surface area contributed by atoms with E-state index in [1.54, 1.807) is 0 Å². The molecule has 196 valence electrons. The molecular formula is C14H12F16N2O. The van der Waals surface area contributed by atoms with Gasteiger partial charge in [-0.05, 0) is 7.05 Å². The van der Waals surface area contributed by atoms with Crippen LogP contribution in [0.3, 0.4) is 0 Å². The van der Waals surface area contributed by atoms with E-state index in [2.05, 4.69) is 0 Å². The van der Waals surface area contributed by atoms with Crippen molar-refractivity contribution in [2.45, 2.75) is 47.9 Å². The van der Waals surface area contributed by atoms with Crippen LogP contribution in [0.4, 0.5) is 70.2 Å². The van der Waals surface area contributed by atoms with Crippen LogP contribution in [-0.4, -0.2) is 96.8 Å². The summed E-state index contributed by atoms with van der Waals surface area (Å²) in [5, 5.41) is 0. The summed E-state index contributed by atoms with van der Waals surface area (Å²) in [5.74, 6) is -59.1. The Morgan fingerprint density at radius 1 is 0.606 bits per heavy atom. The van der Waals surface area contributed by atoms with Crippen molar-refractivity contribution < 1.29 is 75.0 Å². The molecule has 0 bridgehead atoms. The van der Waals surface area contributed by atoms with Gasteiger partial charge in [0.1, 0.15) is 0 Å². The Hall–Kier alpha value is -1.69. The highest BCUT2D eigenvalue weighted by molar-refractivity contribution is 5.85. The van der Waals surface area contributed by atoms with Crippen LogP contribution in [-0.2, 0) is 4.79 Å². The van der Waals surface area contributed by atoms with Gasteiger partial charge >= 0.3 is 47.9 Å². The molecule has 1 rings (SSSR count). The van der Waals surface area contributed by atoms with Crippen LogP contribution in [0.15, 0.2) is 0 Å². The largest absolute Gasteiger partial charge is 0.392 e. The minimum atomic E-state index is -8.50. The van der Waals surface area contributed by atoms with Crippen molar-refractivity contribution in [1.29, 1.82) is 0 Å². The Morgan fingerprint density at radius 2 is 0.939 bits per heavy atom. The molecule has 0 saturated carbocycles. The average Bonchev–Trinajstić information content (AvgIpc) is 2.66. The van der Waals surface area contributed by atoms with Gasteiger partial charge in [0.2, 0.25) is 0 Å². The Balaban J connectivity index is 3.51. The van der Waals surface area contributed by atoms with Crippen LogP contribution in [0.1, 0.15) is 0 Å². The van der Waals surface area contributed by atoms with E-state index in [9.17, 15) is 75.0 Å². The molecule has 1 saturated heterocycles. The molecule has 1 heterocycles. The molecule has 33 heavy (non-hydrogen) atoms. The van der Waals surface area contributed by atoms with Gasteiger partial charge in [0.25, 0.3) is 5.91 Å². The molecule has 0 aromatic heterocycles. The van der Waals surface area contributed by atoms with Gasteiger partial charge in [-0.2, -0.15) is 61.5 Å². The lowest BCUT2D eigenvalue weighted by atomic mass is 9.89. The third kappa shape index (κ3) is 3.96. The van der Waals surface area contributed by atoms with Crippen molar-refractivity contribution in [2.75, 3.05) is 33.2 Å². The second kappa shape index (κ2) is 8.21. The Morgan fingerprint density at radius 3 is 1.30 bits per heavy atom. The lowest BCUT2D eigenvalue weighted by molar-refractivity contribution is -0.444. The third-order valence-corrected chi connectivity index (χ3v) is 4.72. The van der Waals surface area contributed by atoms with Crippen molar-refractivity contribution in [2.24, 2.45) is 0 Å². The summed E-state index contributed by atoms with van der Waals surface area (Å²) >= 11 is 0. The van der Waals surface area contributed by atoms with Gasteiger partial charge in [0.15, 0.2) is 0 Å². The lowest BCUT2D eigenvalue weighted by Gasteiger charge is -2.43. The fraction of sp³-hybridized carbons (Fsp3) is 0.929. The van der Waals surface area contributed by atoms with E-state index >= 15 is 0 Å². The maximum Gasteiger partial charge on any atom is 0.392 e. The minimum absolute atomic E-state index is 0.250. The van der Waals surface area contributed by atoms with Crippen molar-refractivity contribution in [1.82, 2.24) is 9.80 Å². The fourth-order valence-electron chi connectivity index (χ4n) is 2.48. The van der Waals surface area contributed by atoms with Crippen molar-refractivity contribution >= 4 is 5.91 Å². The molecule has 3 nitrogen and oxygen atoms in total. The number of halogens is 16. The van der Waals surface area contributed by atoms with E-state index in [0.29, 0.717) is 0 Å². The number of hydrogen-bond donors (Lipinski definition) is 0. The molecule has 0 spiro atoms. The quantitative estimate of drug-likeness (QED) is 0.435. The second-order valence-electron chi connectivity index (χ2n) is 6.97. The first kappa shape index (κ1) is 29.3. The van der Waals surface area contributed by atoms with Crippen LogP contribution in [0.25, 0.3) is 0 Å². The summed E-state index contributed by atoms with van der Waals surface area (Å²) in [6.45, 7) is -2.38. The highest BCUT2D eigenvalue weighted by Crippen LogP contribution is 2.62. The number of hydrogen-bond acceptors (Lipinski definition) is 2. The van der Waals surface area contributed by atoms with Crippen LogP contribution >= 0.6 is 0 Å². The van der Waals surface area contributed by atoms with E-state index in [0.717, 1.165) is 0 Å². The van der Waals surface area contributed by atoms with Gasteiger partial charge in [-0.1, -0.05) is 0 Å². The Bertz CT molecular complexity index is 729. The highest BCUT2D eigenvalue weighted by Gasteiger charge is 2.94. The summed E-state index contributed by atoms with van der Waals surface area (Å²) in [7, 11) is 1.32. The van der Waals surface area contributed by atoms with Gasteiger partial charge in [-0.15, -0.1) is 0 Å². The summed E-state index contributed by atoms with van der Waals surface area (Å²) in [6, 6.07) is 0. The normalized spacial score (nSPS) is 18.8. The molecular weight excluding hydrogens is 516 g/mol. The molecule has 0 unspecified atom stereocenters. The first-order valence-corrected chi connectivity index (χ1v) is 8.26. The third-order valence-electron chi connectivity index (χ3n) is 4.72. The topological polar surface area (TPSA) is 23.6 Å². The van der Waals surface area contributed by atoms with Crippen molar-refractivity contribution in [3.63, 3.8) is 0 Å². The zero-order valence-electron chi connectivity index (χ0n) is 15.8. The number of nitrogens with zero attached hydrogens (tertiary/aromatic N) is 2. The van der Waals surface area contributed by atoms with Crippen LogP contribution in [0, 0.1) is 0 Å². The van der Waals surface area contributed by atoms with Gasteiger partial charge in [-0.3, -0.25) is 4.79 Å². The standard InChI is InChI=1S/C14H12F16N2O/c1-31-2-4-32(5-3-31)7(33)9(19,20)11(23,24)13(27,28)14(29,30)12(25,26)10(21,22)8(17,18)6(15)16/h6H,2-5H2,1H3. The minimum Gasteiger partial charge on any atom is -0.335 e. The number of amides is 1. The summed E-state index contributed by atoms with van der Waals surface area (Å²) < 4.78 is 212. The molecule has 1 fully saturated rings. The highest BCUT2D eigenvalue weighted by atomic mass is 19.4. The predicted molar refractivity (Wildman–Crippen MR) is 74.7 cm³/mol. The molecule has 1 aliphatic rings. The Labute approximate surface area is 173 Å².